The van der Waals surface area contributed by atoms with Crippen molar-refractivity contribution in [2.45, 2.75) is 24.3 Å². The maximum Gasteiger partial charge on any atom is 0.307 e. The quantitative estimate of drug-likeness (QED) is 0.435. The predicted molar refractivity (Wildman–Crippen MR) is 129 cm³/mol. The number of esters is 1. The predicted octanol–water partition coefficient (Wildman–Crippen LogP) is 2.70. The van der Waals surface area contributed by atoms with E-state index in [2.05, 4.69) is 10.0 Å². The molecule has 0 aromatic heterocycles. The highest BCUT2D eigenvalue weighted by molar-refractivity contribution is 7.89. The van der Waals surface area contributed by atoms with Crippen molar-refractivity contribution in [3.63, 3.8) is 0 Å². The first-order chi connectivity index (χ1) is 16.8. The van der Waals surface area contributed by atoms with Gasteiger partial charge in [-0.1, -0.05) is 36.4 Å². The number of rotatable bonds is 9. The van der Waals surface area contributed by atoms with Crippen LogP contribution in [0.15, 0.2) is 65.6 Å². The van der Waals surface area contributed by atoms with Gasteiger partial charge in [-0.2, -0.15) is 0 Å². The molecule has 1 aliphatic rings. The molecule has 1 atom stereocenters. The Morgan fingerprint density at radius 1 is 0.971 bits per heavy atom. The molecule has 1 amide bonds. The number of ether oxygens (including phenoxy) is 3. The standard InChI is InChI=1S/C25H26N2O7S/c1-17(19-7-9-22-23(15-19)33-13-12-32-22)27-24(28)16-34-25(29)10-11-26-35(30,31)21-8-6-18-4-2-3-5-20(18)14-21/h2-9,14-15,17,26H,10-13,16H2,1H3,(H,27,28). The van der Waals surface area contributed by atoms with E-state index in [0.717, 1.165) is 16.3 Å². The molecular weight excluding hydrogens is 472 g/mol. The molecule has 184 valence electrons. The highest BCUT2D eigenvalue weighted by atomic mass is 32.2. The van der Waals surface area contributed by atoms with Crippen LogP contribution in [-0.2, 0) is 24.3 Å². The Bertz CT molecular complexity index is 1340. The van der Waals surface area contributed by atoms with Crippen LogP contribution in [0.25, 0.3) is 10.8 Å². The summed E-state index contributed by atoms with van der Waals surface area (Å²) in [4.78, 5) is 24.3. The molecular formula is C25H26N2O7S. The molecule has 3 aromatic carbocycles. The Balaban J connectivity index is 1.21. The van der Waals surface area contributed by atoms with Gasteiger partial charge >= 0.3 is 5.97 Å². The van der Waals surface area contributed by atoms with E-state index in [0.29, 0.717) is 24.7 Å². The van der Waals surface area contributed by atoms with Gasteiger partial charge in [-0.15, -0.1) is 0 Å². The molecule has 0 saturated carbocycles. The van der Waals surface area contributed by atoms with Crippen molar-refractivity contribution in [3.8, 4) is 11.5 Å². The zero-order valence-electron chi connectivity index (χ0n) is 19.2. The van der Waals surface area contributed by atoms with Gasteiger partial charge in [0.05, 0.1) is 17.4 Å². The lowest BCUT2D eigenvalue weighted by molar-refractivity contribution is -0.148. The van der Waals surface area contributed by atoms with E-state index in [1.54, 1.807) is 31.2 Å². The van der Waals surface area contributed by atoms with Crippen LogP contribution in [-0.4, -0.2) is 46.7 Å². The topological polar surface area (TPSA) is 120 Å². The van der Waals surface area contributed by atoms with Crippen LogP contribution in [0.2, 0.25) is 0 Å². The van der Waals surface area contributed by atoms with Crippen LogP contribution in [0, 0.1) is 0 Å². The first kappa shape index (κ1) is 24.5. The molecule has 1 heterocycles. The summed E-state index contributed by atoms with van der Waals surface area (Å²) in [6.45, 7) is 2.14. The van der Waals surface area contributed by atoms with Crippen LogP contribution in [0.3, 0.4) is 0 Å². The minimum Gasteiger partial charge on any atom is -0.486 e. The lowest BCUT2D eigenvalue weighted by atomic mass is 10.1. The second-order valence-corrected chi connectivity index (χ2v) is 9.78. The molecule has 3 aromatic rings. The molecule has 4 rings (SSSR count). The molecule has 0 radical (unpaired) electrons. The van der Waals surface area contributed by atoms with E-state index in [9.17, 15) is 18.0 Å². The van der Waals surface area contributed by atoms with Crippen LogP contribution >= 0.6 is 0 Å². The van der Waals surface area contributed by atoms with E-state index in [4.69, 9.17) is 14.2 Å². The smallest absolute Gasteiger partial charge is 0.307 e. The minimum absolute atomic E-state index is 0.108. The zero-order valence-corrected chi connectivity index (χ0v) is 20.0. The highest BCUT2D eigenvalue weighted by Crippen LogP contribution is 2.32. The fourth-order valence-corrected chi connectivity index (χ4v) is 4.69. The number of amides is 1. The molecule has 0 spiro atoms. The molecule has 0 aliphatic carbocycles. The van der Waals surface area contributed by atoms with E-state index < -0.39 is 28.5 Å². The summed E-state index contributed by atoms with van der Waals surface area (Å²) < 4.78 is 43.5. The van der Waals surface area contributed by atoms with Crippen LogP contribution in [0.5, 0.6) is 11.5 Å². The maximum atomic E-state index is 12.5. The van der Waals surface area contributed by atoms with Gasteiger partial charge in [0, 0.05) is 6.54 Å². The maximum absolute atomic E-state index is 12.5. The molecule has 0 fully saturated rings. The third kappa shape index (κ3) is 6.28. The van der Waals surface area contributed by atoms with Gasteiger partial charge in [-0.3, -0.25) is 9.59 Å². The number of sulfonamides is 1. The third-order valence-corrected chi connectivity index (χ3v) is 6.92. The average molecular weight is 499 g/mol. The SMILES string of the molecule is CC(NC(=O)COC(=O)CCNS(=O)(=O)c1ccc2ccccc2c1)c1ccc2c(c1)OCCO2. The van der Waals surface area contributed by atoms with Crippen LogP contribution in [0.4, 0.5) is 0 Å². The third-order valence-electron chi connectivity index (χ3n) is 5.46. The van der Waals surface area contributed by atoms with Gasteiger partial charge in [0.15, 0.2) is 18.1 Å². The van der Waals surface area contributed by atoms with Crippen LogP contribution < -0.4 is 19.5 Å². The summed E-state index contributed by atoms with van der Waals surface area (Å²) in [6, 6.07) is 17.3. The van der Waals surface area contributed by atoms with Gasteiger partial charge in [0.1, 0.15) is 13.2 Å². The van der Waals surface area contributed by atoms with Gasteiger partial charge < -0.3 is 19.5 Å². The minimum atomic E-state index is -3.79. The van der Waals surface area contributed by atoms with Gasteiger partial charge in [0.25, 0.3) is 5.91 Å². The van der Waals surface area contributed by atoms with E-state index in [-0.39, 0.29) is 23.9 Å². The monoisotopic (exact) mass is 498 g/mol. The second-order valence-electron chi connectivity index (χ2n) is 8.01. The van der Waals surface area contributed by atoms with Gasteiger partial charge in [0.2, 0.25) is 10.0 Å². The molecule has 35 heavy (non-hydrogen) atoms. The number of hydrogen-bond acceptors (Lipinski definition) is 7. The number of carbonyl (C=O) groups excluding carboxylic acids is 2. The second kappa shape index (κ2) is 10.7. The largest absolute Gasteiger partial charge is 0.486 e. The Hall–Kier alpha value is -3.63. The van der Waals surface area contributed by atoms with Crippen molar-refractivity contribution in [1.29, 1.82) is 0 Å². The molecule has 0 saturated heterocycles. The first-order valence-corrected chi connectivity index (χ1v) is 12.6. The first-order valence-electron chi connectivity index (χ1n) is 11.1. The van der Waals surface area contributed by atoms with Crippen molar-refractivity contribution >= 4 is 32.7 Å². The van der Waals surface area contributed by atoms with Crippen molar-refractivity contribution in [2.24, 2.45) is 0 Å². The van der Waals surface area contributed by atoms with Gasteiger partial charge in [-0.05, 0) is 47.5 Å². The number of hydrogen-bond donors (Lipinski definition) is 2. The Labute approximate surface area is 203 Å². The Kier molecular flexibility index (Phi) is 7.52. The molecule has 1 unspecified atom stereocenters. The molecule has 2 N–H and O–H groups in total. The summed E-state index contributed by atoms with van der Waals surface area (Å²) in [5, 5.41) is 4.48. The molecule has 9 nitrogen and oxygen atoms in total. The number of benzene rings is 3. The normalized spacial score (nSPS) is 13.7. The molecule has 10 heteroatoms. The van der Waals surface area contributed by atoms with Crippen LogP contribution in [0.1, 0.15) is 24.9 Å². The fourth-order valence-electron chi connectivity index (χ4n) is 3.62. The van der Waals surface area contributed by atoms with Crippen molar-refractivity contribution < 1.29 is 32.2 Å². The summed E-state index contributed by atoms with van der Waals surface area (Å²) in [5.74, 6) is 0.113. The summed E-state index contributed by atoms with van der Waals surface area (Å²) in [7, 11) is -3.79. The average Bonchev–Trinajstić information content (AvgIpc) is 2.86. The lowest BCUT2D eigenvalue weighted by Gasteiger charge is -2.21. The number of fused-ring (bicyclic) bond motifs is 2. The lowest BCUT2D eigenvalue weighted by Crippen LogP contribution is -2.32. The van der Waals surface area contributed by atoms with Crippen molar-refractivity contribution in [1.82, 2.24) is 10.0 Å². The molecule has 0 bridgehead atoms. The number of nitrogens with one attached hydrogen (secondary N) is 2. The fraction of sp³-hybridized carbons (Fsp3) is 0.280. The summed E-state index contributed by atoms with van der Waals surface area (Å²) >= 11 is 0. The van der Waals surface area contributed by atoms with Crippen molar-refractivity contribution in [2.75, 3.05) is 26.4 Å². The summed E-state index contributed by atoms with van der Waals surface area (Å²) in [5.41, 5.74) is 0.817. The van der Waals surface area contributed by atoms with E-state index in [1.807, 2.05) is 30.3 Å². The highest BCUT2D eigenvalue weighted by Gasteiger charge is 2.18. The summed E-state index contributed by atoms with van der Waals surface area (Å²) in [6.07, 6.45) is -0.211. The number of carbonyl (C=O) groups is 2. The van der Waals surface area contributed by atoms with E-state index >= 15 is 0 Å². The molecule has 1 aliphatic heterocycles. The van der Waals surface area contributed by atoms with Crippen molar-refractivity contribution in [3.05, 3.63) is 66.2 Å². The van der Waals surface area contributed by atoms with E-state index in [1.165, 1.54) is 6.07 Å². The zero-order chi connectivity index (χ0) is 24.8. The van der Waals surface area contributed by atoms with Gasteiger partial charge in [-0.25, -0.2) is 13.1 Å². The Morgan fingerprint density at radius 3 is 2.51 bits per heavy atom. The Morgan fingerprint density at radius 2 is 1.71 bits per heavy atom.